The second-order valence-electron chi connectivity index (χ2n) is 5.53. The molecule has 2 aromatic carbocycles. The van der Waals surface area contributed by atoms with Gasteiger partial charge in [-0.15, -0.1) is 0 Å². The van der Waals surface area contributed by atoms with Gasteiger partial charge in [0.1, 0.15) is 11.3 Å². The number of aromatic hydroxyl groups is 1. The summed E-state index contributed by atoms with van der Waals surface area (Å²) in [7, 11) is 0. The van der Waals surface area contributed by atoms with Gasteiger partial charge in [0.25, 0.3) is 0 Å². The number of carbonyl (C=O) groups is 2. The Labute approximate surface area is 142 Å². The molecule has 1 heterocycles. The van der Waals surface area contributed by atoms with Gasteiger partial charge in [0.2, 0.25) is 0 Å². The van der Waals surface area contributed by atoms with Crippen molar-refractivity contribution in [3.8, 4) is 5.75 Å². The summed E-state index contributed by atoms with van der Waals surface area (Å²) in [5, 5.41) is 31.9. The Bertz CT molecular complexity index is 1010. The molecule has 0 amide bonds. The van der Waals surface area contributed by atoms with E-state index in [2.05, 4.69) is 10.3 Å². The van der Waals surface area contributed by atoms with Crippen molar-refractivity contribution in [3.63, 3.8) is 0 Å². The van der Waals surface area contributed by atoms with Crippen LogP contribution in [-0.4, -0.2) is 32.2 Å². The van der Waals surface area contributed by atoms with Crippen molar-refractivity contribution in [2.45, 2.75) is 6.92 Å². The lowest BCUT2D eigenvalue weighted by Crippen LogP contribution is -2.06. The summed E-state index contributed by atoms with van der Waals surface area (Å²) in [4.78, 5) is 26.9. The van der Waals surface area contributed by atoms with Crippen molar-refractivity contribution in [2.24, 2.45) is 0 Å². The summed E-state index contributed by atoms with van der Waals surface area (Å²) in [5.41, 5.74) is 1.66. The second kappa shape index (κ2) is 6.12. The van der Waals surface area contributed by atoms with E-state index in [1.807, 2.05) is 6.92 Å². The maximum Gasteiger partial charge on any atom is 0.339 e. The third kappa shape index (κ3) is 3.07. The van der Waals surface area contributed by atoms with Crippen LogP contribution >= 0.6 is 0 Å². The lowest BCUT2D eigenvalue weighted by atomic mass is 10.1. The van der Waals surface area contributed by atoms with Crippen molar-refractivity contribution in [1.29, 1.82) is 0 Å². The number of hydrogen-bond donors (Lipinski definition) is 4. The fourth-order valence-corrected chi connectivity index (χ4v) is 2.51. The fraction of sp³-hybridized carbons (Fsp3) is 0.0556. The number of aromatic nitrogens is 1. The number of nitrogens with zero attached hydrogens (tertiary/aromatic N) is 1. The largest absolute Gasteiger partial charge is 0.506 e. The minimum Gasteiger partial charge on any atom is -0.506 e. The van der Waals surface area contributed by atoms with Crippen LogP contribution < -0.4 is 5.32 Å². The highest BCUT2D eigenvalue weighted by molar-refractivity contribution is 6.07. The molecule has 0 fully saturated rings. The minimum atomic E-state index is -1.22. The molecular weight excluding hydrogens is 324 g/mol. The molecule has 0 radical (unpaired) electrons. The van der Waals surface area contributed by atoms with Crippen LogP contribution in [0.15, 0.2) is 42.6 Å². The molecule has 0 saturated heterocycles. The summed E-state index contributed by atoms with van der Waals surface area (Å²) in [5.74, 6) is -2.40. The maximum absolute atomic E-state index is 11.6. The molecule has 3 rings (SSSR count). The van der Waals surface area contributed by atoms with E-state index >= 15 is 0 Å². The van der Waals surface area contributed by atoms with E-state index in [0.29, 0.717) is 16.6 Å². The molecule has 4 N–H and O–H groups in total. The number of carboxylic acids is 2. The number of fused-ring (bicyclic) bond motifs is 1. The van der Waals surface area contributed by atoms with Gasteiger partial charge >= 0.3 is 11.9 Å². The number of anilines is 2. The molecule has 0 atom stereocenters. The second-order valence-corrected chi connectivity index (χ2v) is 5.53. The van der Waals surface area contributed by atoms with Crippen LogP contribution in [0.2, 0.25) is 0 Å². The zero-order valence-corrected chi connectivity index (χ0v) is 13.1. The Morgan fingerprint density at radius 3 is 2.48 bits per heavy atom. The third-order valence-electron chi connectivity index (χ3n) is 3.76. The lowest BCUT2D eigenvalue weighted by molar-refractivity contribution is 0.0687. The first kappa shape index (κ1) is 16.3. The van der Waals surface area contributed by atoms with Crippen LogP contribution in [-0.2, 0) is 0 Å². The average molecular weight is 338 g/mol. The number of nitrogens with one attached hydrogen (secondary N) is 1. The normalized spacial score (nSPS) is 10.6. The molecule has 7 nitrogen and oxygen atoms in total. The zero-order valence-electron chi connectivity index (χ0n) is 13.1. The van der Waals surface area contributed by atoms with Crippen LogP contribution in [0.1, 0.15) is 26.3 Å². The quantitative estimate of drug-likeness (QED) is 0.538. The van der Waals surface area contributed by atoms with Gasteiger partial charge in [-0.3, -0.25) is 4.98 Å². The molecular formula is C18H14N2O5. The number of aromatic carboxylic acids is 2. The number of aryl methyl sites for hydroxylation is 1. The Kier molecular flexibility index (Phi) is 3.98. The SMILES string of the molecule is Cc1ccc(O)c(Nc2c(C(=O)O)cnc3ccc(C(=O)O)cc23)c1. The van der Waals surface area contributed by atoms with E-state index < -0.39 is 11.9 Å². The number of phenols is 1. The van der Waals surface area contributed by atoms with Gasteiger partial charge in [-0.1, -0.05) is 6.07 Å². The van der Waals surface area contributed by atoms with E-state index in [4.69, 9.17) is 0 Å². The molecule has 1 aromatic heterocycles. The highest BCUT2D eigenvalue weighted by Gasteiger charge is 2.17. The number of benzene rings is 2. The van der Waals surface area contributed by atoms with Crippen LogP contribution in [0.5, 0.6) is 5.75 Å². The first-order valence-corrected chi connectivity index (χ1v) is 7.33. The Balaban J connectivity index is 2.27. The third-order valence-corrected chi connectivity index (χ3v) is 3.76. The summed E-state index contributed by atoms with van der Waals surface area (Å²) in [6.45, 7) is 1.83. The monoisotopic (exact) mass is 338 g/mol. The van der Waals surface area contributed by atoms with Gasteiger partial charge in [-0.2, -0.15) is 0 Å². The molecule has 0 aliphatic carbocycles. The minimum absolute atomic E-state index is 0.00773. The summed E-state index contributed by atoms with van der Waals surface area (Å²) >= 11 is 0. The molecule has 0 saturated carbocycles. The lowest BCUT2D eigenvalue weighted by Gasteiger charge is -2.14. The highest BCUT2D eigenvalue weighted by Crippen LogP contribution is 2.33. The van der Waals surface area contributed by atoms with Crippen molar-refractivity contribution < 1.29 is 24.9 Å². The topological polar surface area (TPSA) is 120 Å². The van der Waals surface area contributed by atoms with Gasteiger partial charge in [-0.05, 0) is 42.8 Å². The molecule has 126 valence electrons. The van der Waals surface area contributed by atoms with E-state index in [-0.39, 0.29) is 22.6 Å². The van der Waals surface area contributed by atoms with Gasteiger partial charge in [-0.25, -0.2) is 9.59 Å². The summed E-state index contributed by atoms with van der Waals surface area (Å²) in [6.07, 6.45) is 1.19. The van der Waals surface area contributed by atoms with Gasteiger partial charge in [0.05, 0.1) is 22.5 Å². The first-order valence-electron chi connectivity index (χ1n) is 7.33. The standard InChI is InChI=1S/C18H14N2O5/c1-9-2-5-15(21)14(6-9)20-16-11-7-10(17(22)23)3-4-13(11)19-8-12(16)18(24)25/h2-8,21H,1H3,(H,19,20)(H,22,23)(H,24,25). The van der Waals surface area contributed by atoms with Gasteiger partial charge in [0.15, 0.2) is 0 Å². The first-order chi connectivity index (χ1) is 11.9. The molecule has 0 spiro atoms. The number of phenolic OH excluding ortho intramolecular Hbond substituents is 1. The molecule has 0 unspecified atom stereocenters. The predicted molar refractivity (Wildman–Crippen MR) is 91.8 cm³/mol. The Morgan fingerprint density at radius 2 is 1.80 bits per heavy atom. The molecule has 0 bridgehead atoms. The number of carboxylic acid groups (broad SMARTS) is 2. The van der Waals surface area contributed by atoms with Gasteiger partial charge < -0.3 is 20.6 Å². The molecule has 0 aliphatic rings. The summed E-state index contributed by atoms with van der Waals surface area (Å²) < 4.78 is 0. The molecule has 25 heavy (non-hydrogen) atoms. The van der Waals surface area contributed by atoms with Crippen molar-refractivity contribution in [3.05, 3.63) is 59.3 Å². The van der Waals surface area contributed by atoms with E-state index in [0.717, 1.165) is 5.56 Å². The van der Waals surface area contributed by atoms with E-state index in [9.17, 15) is 24.9 Å². The fourth-order valence-electron chi connectivity index (χ4n) is 2.51. The molecule has 7 heteroatoms. The number of hydrogen-bond acceptors (Lipinski definition) is 5. The van der Waals surface area contributed by atoms with Crippen LogP contribution in [0.4, 0.5) is 11.4 Å². The maximum atomic E-state index is 11.6. The van der Waals surface area contributed by atoms with E-state index in [1.165, 1.54) is 30.5 Å². The van der Waals surface area contributed by atoms with Crippen molar-refractivity contribution in [1.82, 2.24) is 4.98 Å². The van der Waals surface area contributed by atoms with Crippen LogP contribution in [0.25, 0.3) is 10.9 Å². The van der Waals surface area contributed by atoms with Gasteiger partial charge in [0, 0.05) is 11.6 Å². The number of pyridine rings is 1. The predicted octanol–water partition coefficient (Wildman–Crippen LogP) is 3.39. The van der Waals surface area contributed by atoms with Crippen molar-refractivity contribution >= 4 is 34.2 Å². The molecule has 3 aromatic rings. The molecule has 0 aliphatic heterocycles. The Hall–Kier alpha value is -3.61. The summed E-state index contributed by atoms with van der Waals surface area (Å²) in [6, 6.07) is 9.12. The van der Waals surface area contributed by atoms with Crippen LogP contribution in [0, 0.1) is 6.92 Å². The Morgan fingerprint density at radius 1 is 1.04 bits per heavy atom. The van der Waals surface area contributed by atoms with Crippen molar-refractivity contribution in [2.75, 3.05) is 5.32 Å². The average Bonchev–Trinajstić information content (AvgIpc) is 2.57. The smallest absolute Gasteiger partial charge is 0.339 e. The number of rotatable bonds is 4. The van der Waals surface area contributed by atoms with Crippen LogP contribution in [0.3, 0.4) is 0 Å². The zero-order chi connectivity index (χ0) is 18.1. The highest BCUT2D eigenvalue weighted by atomic mass is 16.4. The van der Waals surface area contributed by atoms with E-state index in [1.54, 1.807) is 12.1 Å².